The first kappa shape index (κ1) is 14.4. The quantitative estimate of drug-likeness (QED) is 0.910. The minimum atomic E-state index is -0.00887. The summed E-state index contributed by atoms with van der Waals surface area (Å²) in [4.78, 5) is 6.81. The van der Waals surface area contributed by atoms with Gasteiger partial charge in [0.1, 0.15) is 0 Å². The number of ether oxygens (including phenoxy) is 1. The molecule has 0 bridgehead atoms. The number of hydrogen-bond donors (Lipinski definition) is 1. The number of nitrogens with zero attached hydrogens (tertiary/aromatic N) is 2. The van der Waals surface area contributed by atoms with Crippen LogP contribution in [0.2, 0.25) is 0 Å². The molecule has 21 heavy (non-hydrogen) atoms. The zero-order valence-electron chi connectivity index (χ0n) is 13.2. The number of guanidine groups is 1. The lowest BCUT2D eigenvalue weighted by Gasteiger charge is -2.45. The third-order valence-corrected chi connectivity index (χ3v) is 4.72. The summed E-state index contributed by atoms with van der Waals surface area (Å²) in [5, 5.41) is 0. The smallest absolute Gasteiger partial charge is 0.196 e. The van der Waals surface area contributed by atoms with Gasteiger partial charge < -0.3 is 15.4 Å². The normalized spacial score (nSPS) is 29.2. The minimum absolute atomic E-state index is 0.00887. The molecule has 2 aliphatic rings. The fourth-order valence-corrected chi connectivity index (χ4v) is 3.50. The Morgan fingerprint density at radius 1 is 1.43 bits per heavy atom. The van der Waals surface area contributed by atoms with Crippen LogP contribution in [0, 0.1) is 12.8 Å². The van der Waals surface area contributed by atoms with Gasteiger partial charge in [0.25, 0.3) is 0 Å². The molecule has 1 saturated heterocycles. The molecular formula is C17H25N3O. The first-order chi connectivity index (χ1) is 10.0. The number of aryl methyl sites for hydroxylation is 1. The predicted octanol–water partition coefficient (Wildman–Crippen LogP) is 2.70. The highest BCUT2D eigenvalue weighted by Gasteiger charge is 2.47. The monoisotopic (exact) mass is 287 g/mol. The highest BCUT2D eigenvalue weighted by atomic mass is 16.5. The minimum Gasteiger partial charge on any atom is -0.378 e. The predicted molar refractivity (Wildman–Crippen MR) is 86.7 cm³/mol. The summed E-state index contributed by atoms with van der Waals surface area (Å²) >= 11 is 0. The van der Waals surface area contributed by atoms with E-state index in [1.165, 1.54) is 5.56 Å². The summed E-state index contributed by atoms with van der Waals surface area (Å²) in [5.74, 6) is 1.16. The Labute approximate surface area is 127 Å². The molecule has 2 heterocycles. The SMILES string of the molecule is Cc1cccc(N2C(N)=NCC23CCOC(C(C)C)C3)c1. The van der Waals surface area contributed by atoms with Crippen molar-refractivity contribution >= 4 is 11.6 Å². The van der Waals surface area contributed by atoms with Crippen LogP contribution in [0.25, 0.3) is 0 Å². The highest BCUT2D eigenvalue weighted by Crippen LogP contribution is 2.39. The van der Waals surface area contributed by atoms with Crippen LogP contribution in [0.1, 0.15) is 32.3 Å². The van der Waals surface area contributed by atoms with Crippen molar-refractivity contribution in [3.05, 3.63) is 29.8 Å². The topological polar surface area (TPSA) is 50.8 Å². The van der Waals surface area contributed by atoms with Crippen LogP contribution in [0.3, 0.4) is 0 Å². The van der Waals surface area contributed by atoms with Crippen molar-refractivity contribution in [2.75, 3.05) is 18.1 Å². The third-order valence-electron chi connectivity index (χ3n) is 4.72. The average molecular weight is 287 g/mol. The van der Waals surface area contributed by atoms with Crippen LogP contribution >= 0.6 is 0 Å². The number of benzene rings is 1. The van der Waals surface area contributed by atoms with E-state index in [0.717, 1.165) is 31.7 Å². The number of anilines is 1. The standard InChI is InChI=1S/C17H25N3O/c1-12(2)15-10-17(7-8-21-15)11-19-16(18)20(17)14-6-4-5-13(3)9-14/h4-6,9,12,15H,7-8,10-11H2,1-3H3,(H2,18,19). The second-order valence-electron chi connectivity index (χ2n) is 6.68. The summed E-state index contributed by atoms with van der Waals surface area (Å²) in [6, 6.07) is 8.52. The third kappa shape index (κ3) is 2.53. The lowest BCUT2D eigenvalue weighted by atomic mass is 9.82. The van der Waals surface area contributed by atoms with Gasteiger partial charge in [0.05, 0.1) is 18.2 Å². The van der Waals surface area contributed by atoms with E-state index in [1.54, 1.807) is 0 Å². The fourth-order valence-electron chi connectivity index (χ4n) is 3.50. The molecule has 0 aliphatic carbocycles. The van der Waals surface area contributed by atoms with E-state index < -0.39 is 0 Å². The first-order valence-corrected chi connectivity index (χ1v) is 7.80. The molecule has 2 atom stereocenters. The van der Waals surface area contributed by atoms with Crippen LogP contribution in [-0.2, 0) is 4.74 Å². The molecule has 1 aromatic rings. The van der Waals surface area contributed by atoms with E-state index in [-0.39, 0.29) is 11.6 Å². The second kappa shape index (κ2) is 5.34. The zero-order chi connectivity index (χ0) is 15.0. The zero-order valence-corrected chi connectivity index (χ0v) is 13.2. The molecule has 1 spiro atoms. The maximum Gasteiger partial charge on any atom is 0.196 e. The van der Waals surface area contributed by atoms with Gasteiger partial charge in [-0.15, -0.1) is 0 Å². The largest absolute Gasteiger partial charge is 0.378 e. The number of hydrogen-bond acceptors (Lipinski definition) is 4. The highest BCUT2D eigenvalue weighted by molar-refractivity contribution is 5.98. The Bertz CT molecular complexity index is 555. The molecule has 2 N–H and O–H groups in total. The van der Waals surface area contributed by atoms with Crippen molar-refractivity contribution in [3.63, 3.8) is 0 Å². The van der Waals surface area contributed by atoms with E-state index in [2.05, 4.69) is 54.9 Å². The summed E-state index contributed by atoms with van der Waals surface area (Å²) in [7, 11) is 0. The van der Waals surface area contributed by atoms with Crippen molar-refractivity contribution in [2.45, 2.75) is 45.3 Å². The summed E-state index contributed by atoms with van der Waals surface area (Å²) in [6.07, 6.45) is 2.25. The van der Waals surface area contributed by atoms with E-state index in [4.69, 9.17) is 10.5 Å². The molecule has 4 nitrogen and oxygen atoms in total. The maximum atomic E-state index is 6.22. The molecular weight excluding hydrogens is 262 g/mol. The van der Waals surface area contributed by atoms with Crippen molar-refractivity contribution in [1.82, 2.24) is 0 Å². The summed E-state index contributed by atoms with van der Waals surface area (Å²) in [6.45, 7) is 8.12. The van der Waals surface area contributed by atoms with Gasteiger partial charge in [0.2, 0.25) is 0 Å². The molecule has 1 fully saturated rings. The number of rotatable bonds is 2. The van der Waals surface area contributed by atoms with Gasteiger partial charge in [-0.1, -0.05) is 26.0 Å². The maximum absolute atomic E-state index is 6.22. The van der Waals surface area contributed by atoms with Gasteiger partial charge in [-0.2, -0.15) is 0 Å². The van der Waals surface area contributed by atoms with Crippen molar-refractivity contribution in [3.8, 4) is 0 Å². The average Bonchev–Trinajstić information content (AvgIpc) is 2.75. The van der Waals surface area contributed by atoms with E-state index in [0.29, 0.717) is 11.9 Å². The first-order valence-electron chi connectivity index (χ1n) is 7.80. The Balaban J connectivity index is 1.94. The van der Waals surface area contributed by atoms with E-state index in [9.17, 15) is 0 Å². The molecule has 3 rings (SSSR count). The van der Waals surface area contributed by atoms with Crippen LogP contribution in [-0.4, -0.2) is 30.8 Å². The van der Waals surface area contributed by atoms with E-state index >= 15 is 0 Å². The molecule has 0 amide bonds. The van der Waals surface area contributed by atoms with Gasteiger partial charge >= 0.3 is 0 Å². The van der Waals surface area contributed by atoms with Crippen molar-refractivity contribution in [1.29, 1.82) is 0 Å². The lowest BCUT2D eigenvalue weighted by Crippen LogP contribution is -2.57. The van der Waals surface area contributed by atoms with Crippen molar-refractivity contribution in [2.24, 2.45) is 16.6 Å². The molecule has 114 valence electrons. The van der Waals surface area contributed by atoms with Gasteiger partial charge in [0, 0.05) is 12.3 Å². The molecule has 2 aliphatic heterocycles. The lowest BCUT2D eigenvalue weighted by molar-refractivity contribution is -0.0380. The molecule has 1 aromatic carbocycles. The van der Waals surface area contributed by atoms with Gasteiger partial charge in [0.15, 0.2) is 5.96 Å². The van der Waals surface area contributed by atoms with Gasteiger partial charge in [-0.3, -0.25) is 4.99 Å². The fraction of sp³-hybridized carbons (Fsp3) is 0.588. The van der Waals surface area contributed by atoms with Crippen LogP contribution < -0.4 is 10.6 Å². The van der Waals surface area contributed by atoms with Crippen LogP contribution in [0.4, 0.5) is 5.69 Å². The second-order valence-corrected chi connectivity index (χ2v) is 6.68. The number of nitrogens with two attached hydrogens (primary N) is 1. The molecule has 0 radical (unpaired) electrons. The van der Waals surface area contributed by atoms with Crippen LogP contribution in [0.5, 0.6) is 0 Å². The van der Waals surface area contributed by atoms with Gasteiger partial charge in [-0.05, 0) is 43.4 Å². The summed E-state index contributed by atoms with van der Waals surface area (Å²) < 4.78 is 5.95. The Hall–Kier alpha value is -1.55. The Morgan fingerprint density at radius 2 is 2.24 bits per heavy atom. The molecule has 2 unspecified atom stereocenters. The molecule has 0 saturated carbocycles. The van der Waals surface area contributed by atoms with Crippen molar-refractivity contribution < 1.29 is 4.74 Å². The number of aliphatic imine (C=N–C) groups is 1. The van der Waals surface area contributed by atoms with Gasteiger partial charge in [-0.25, -0.2) is 0 Å². The Kier molecular flexibility index (Phi) is 3.66. The van der Waals surface area contributed by atoms with Crippen LogP contribution in [0.15, 0.2) is 29.3 Å². The summed E-state index contributed by atoms with van der Waals surface area (Å²) in [5.41, 5.74) is 8.61. The Morgan fingerprint density at radius 3 is 2.95 bits per heavy atom. The van der Waals surface area contributed by atoms with E-state index in [1.807, 2.05) is 0 Å². The molecule has 4 heteroatoms. The molecule has 0 aromatic heterocycles.